The molecule has 1 unspecified atom stereocenters. The summed E-state index contributed by atoms with van der Waals surface area (Å²) in [5.74, 6) is 0.663. The van der Waals surface area contributed by atoms with E-state index in [1.165, 1.54) is 0 Å². The second-order valence-electron chi connectivity index (χ2n) is 10.9. The third kappa shape index (κ3) is 4.06. The molecule has 32 heavy (non-hydrogen) atoms. The number of phenols is 2. The summed E-state index contributed by atoms with van der Waals surface area (Å²) >= 11 is 0. The molecule has 3 rings (SSSR count). The summed E-state index contributed by atoms with van der Waals surface area (Å²) in [4.78, 5) is 0. The predicted octanol–water partition coefficient (Wildman–Crippen LogP) is 7.45. The molecule has 0 fully saturated rings. The molecule has 0 aliphatic carbocycles. The van der Waals surface area contributed by atoms with Gasteiger partial charge in [0.05, 0.1) is 0 Å². The minimum Gasteiger partial charge on any atom is -0.507 e. The van der Waals surface area contributed by atoms with Crippen LogP contribution in [-0.4, -0.2) is 10.2 Å². The maximum absolute atomic E-state index is 11.3. The number of phenolic OH excluding ortho intramolecular Hbond substituents is 2. The molecule has 0 bridgehead atoms. The number of para-hydroxylation sites is 2. The quantitative estimate of drug-likeness (QED) is 0.400. The molecule has 1 atom stereocenters. The molecular formula is C29H37O2P. The first-order valence-electron chi connectivity index (χ1n) is 11.2. The molecule has 0 heterocycles. The molecule has 0 radical (unpaired) electrons. The maximum Gasteiger partial charge on any atom is 0.127 e. The lowest BCUT2D eigenvalue weighted by Crippen LogP contribution is -2.14. The zero-order valence-corrected chi connectivity index (χ0v) is 22.1. The van der Waals surface area contributed by atoms with Crippen LogP contribution in [0.5, 0.6) is 11.5 Å². The van der Waals surface area contributed by atoms with Crippen LogP contribution >= 0.6 is 9.24 Å². The van der Waals surface area contributed by atoms with Gasteiger partial charge in [-0.1, -0.05) is 77.9 Å². The van der Waals surface area contributed by atoms with Crippen LogP contribution in [0.3, 0.4) is 0 Å². The Balaban J connectivity index is 2.42. The van der Waals surface area contributed by atoms with Gasteiger partial charge in [-0.2, -0.15) is 0 Å². The normalized spacial score (nSPS) is 12.3. The van der Waals surface area contributed by atoms with Gasteiger partial charge in [0, 0.05) is 11.1 Å². The lowest BCUT2D eigenvalue weighted by molar-refractivity contribution is 0.448. The minimum absolute atomic E-state index is 0.168. The van der Waals surface area contributed by atoms with Crippen LogP contribution in [-0.2, 0) is 10.8 Å². The third-order valence-corrected chi connectivity index (χ3v) is 7.40. The third-order valence-electron chi connectivity index (χ3n) is 6.53. The summed E-state index contributed by atoms with van der Waals surface area (Å²) in [7, 11) is 2.88. The van der Waals surface area contributed by atoms with Crippen LogP contribution in [0.4, 0.5) is 0 Å². The van der Waals surface area contributed by atoms with E-state index in [0.29, 0.717) is 11.5 Å². The molecule has 0 spiro atoms. The van der Waals surface area contributed by atoms with E-state index in [-0.39, 0.29) is 10.8 Å². The summed E-state index contributed by atoms with van der Waals surface area (Å²) in [5, 5.41) is 23.7. The highest BCUT2D eigenvalue weighted by atomic mass is 31.0. The molecule has 0 aliphatic heterocycles. The molecule has 0 amide bonds. The number of hydrogen-bond donors (Lipinski definition) is 2. The molecule has 0 saturated carbocycles. The molecule has 170 valence electrons. The topological polar surface area (TPSA) is 40.5 Å². The van der Waals surface area contributed by atoms with Crippen LogP contribution in [0.25, 0.3) is 22.3 Å². The van der Waals surface area contributed by atoms with E-state index >= 15 is 0 Å². The van der Waals surface area contributed by atoms with Gasteiger partial charge in [-0.15, -0.1) is 9.24 Å². The van der Waals surface area contributed by atoms with E-state index in [0.717, 1.165) is 55.4 Å². The number of hydrogen-bond acceptors (Lipinski definition) is 2. The highest BCUT2D eigenvalue weighted by Crippen LogP contribution is 2.46. The Morgan fingerprint density at radius 3 is 1.25 bits per heavy atom. The Hall–Kier alpha value is -2.31. The summed E-state index contributed by atoms with van der Waals surface area (Å²) in [6.45, 7) is 19.0. The van der Waals surface area contributed by atoms with Crippen LogP contribution in [0, 0.1) is 20.8 Å². The van der Waals surface area contributed by atoms with E-state index < -0.39 is 0 Å². The van der Waals surface area contributed by atoms with Gasteiger partial charge in [0.25, 0.3) is 0 Å². The van der Waals surface area contributed by atoms with Crippen LogP contribution in [0.15, 0.2) is 36.4 Å². The number of aromatic hydroxyl groups is 2. The van der Waals surface area contributed by atoms with E-state index in [4.69, 9.17) is 0 Å². The Labute approximate surface area is 195 Å². The van der Waals surface area contributed by atoms with Crippen molar-refractivity contribution in [2.75, 3.05) is 0 Å². The first-order valence-corrected chi connectivity index (χ1v) is 11.8. The molecule has 2 nitrogen and oxygen atoms in total. The fourth-order valence-electron chi connectivity index (χ4n) is 4.75. The number of benzene rings is 3. The van der Waals surface area contributed by atoms with Crippen LogP contribution < -0.4 is 5.30 Å². The van der Waals surface area contributed by atoms with Gasteiger partial charge in [-0.3, -0.25) is 0 Å². The van der Waals surface area contributed by atoms with E-state index in [9.17, 15) is 10.2 Å². The molecular weight excluding hydrogens is 411 g/mol. The van der Waals surface area contributed by atoms with Gasteiger partial charge in [0.1, 0.15) is 11.5 Å². The molecule has 3 heteroatoms. The first kappa shape index (κ1) is 24.3. The van der Waals surface area contributed by atoms with E-state index in [1.54, 1.807) is 0 Å². The van der Waals surface area contributed by atoms with Crippen molar-refractivity contribution in [3.63, 3.8) is 0 Å². The lowest BCUT2D eigenvalue weighted by atomic mass is 9.80. The summed E-state index contributed by atoms with van der Waals surface area (Å²) in [6.07, 6.45) is 0. The van der Waals surface area contributed by atoms with Crippen LogP contribution in [0.2, 0.25) is 0 Å². The largest absolute Gasteiger partial charge is 0.507 e. The van der Waals surface area contributed by atoms with Crippen molar-refractivity contribution >= 4 is 14.5 Å². The van der Waals surface area contributed by atoms with Gasteiger partial charge in [-0.25, -0.2) is 0 Å². The second-order valence-corrected chi connectivity index (χ2v) is 11.5. The summed E-state index contributed by atoms with van der Waals surface area (Å²) < 4.78 is 0. The van der Waals surface area contributed by atoms with E-state index in [1.807, 2.05) is 36.4 Å². The highest BCUT2D eigenvalue weighted by molar-refractivity contribution is 7.27. The van der Waals surface area contributed by atoms with Crippen LogP contribution in [0.1, 0.15) is 69.4 Å². The summed E-state index contributed by atoms with van der Waals surface area (Å²) in [5.41, 5.74) is 8.57. The monoisotopic (exact) mass is 448 g/mol. The van der Waals surface area contributed by atoms with Gasteiger partial charge in [-0.05, 0) is 75.8 Å². The average molecular weight is 449 g/mol. The van der Waals surface area contributed by atoms with Gasteiger partial charge < -0.3 is 10.2 Å². The Bertz CT molecular complexity index is 1100. The van der Waals surface area contributed by atoms with Gasteiger partial charge in [0.15, 0.2) is 0 Å². The number of rotatable bonds is 2. The lowest BCUT2D eigenvalue weighted by Gasteiger charge is -2.26. The molecule has 0 aromatic heterocycles. The fraction of sp³-hybridized carbons (Fsp3) is 0.379. The smallest absolute Gasteiger partial charge is 0.127 e. The minimum atomic E-state index is -0.168. The zero-order chi connectivity index (χ0) is 24.2. The molecule has 0 saturated heterocycles. The predicted molar refractivity (Wildman–Crippen MR) is 142 cm³/mol. The summed E-state index contributed by atoms with van der Waals surface area (Å²) in [6, 6.07) is 12.0. The van der Waals surface area contributed by atoms with Crippen molar-refractivity contribution in [2.45, 2.75) is 73.1 Å². The molecule has 0 aliphatic rings. The maximum atomic E-state index is 11.3. The SMILES string of the molecule is Cc1c(P)c(C)c(-c2cccc(C(C)(C)C)c2O)c(C)c1-c1cccc(C(C)(C)C)c1O. The molecule has 3 aromatic rings. The first-order chi connectivity index (χ1) is 14.7. The Morgan fingerprint density at radius 1 is 0.594 bits per heavy atom. The fourth-order valence-corrected chi connectivity index (χ4v) is 5.04. The van der Waals surface area contributed by atoms with Crippen molar-refractivity contribution in [3.8, 4) is 33.8 Å². The van der Waals surface area contributed by atoms with Gasteiger partial charge >= 0.3 is 0 Å². The van der Waals surface area contributed by atoms with Gasteiger partial charge in [0.2, 0.25) is 0 Å². The van der Waals surface area contributed by atoms with Crippen molar-refractivity contribution in [2.24, 2.45) is 0 Å². The standard InChI is InChI=1S/C29H37O2P/c1-16-23(19-12-10-14-21(25(19)30)28(4,5)6)17(2)27(32)18(3)24(16)20-13-11-15-22(26(20)31)29(7,8)9/h10-15,30-31H,32H2,1-9H3. The molecule has 2 N–H and O–H groups in total. The van der Waals surface area contributed by atoms with Crippen molar-refractivity contribution in [3.05, 3.63) is 64.2 Å². The zero-order valence-electron chi connectivity index (χ0n) is 20.9. The Morgan fingerprint density at radius 2 is 0.938 bits per heavy atom. The molecule has 3 aromatic carbocycles. The Kier molecular flexibility index (Phi) is 6.26. The average Bonchev–Trinajstić information content (AvgIpc) is 2.67. The second kappa shape index (κ2) is 8.23. The highest BCUT2D eigenvalue weighted by Gasteiger charge is 2.26. The van der Waals surface area contributed by atoms with Crippen molar-refractivity contribution in [1.29, 1.82) is 0 Å². The van der Waals surface area contributed by atoms with Crippen molar-refractivity contribution in [1.82, 2.24) is 0 Å². The van der Waals surface area contributed by atoms with Crippen molar-refractivity contribution < 1.29 is 10.2 Å². The van der Waals surface area contributed by atoms with E-state index in [2.05, 4.69) is 71.6 Å².